The number of nitrogens with two attached hydrogens (primary N) is 1. The molecule has 0 aromatic carbocycles. The molecule has 1 heterocycles. The Kier molecular flexibility index (Phi) is 6.09. The SMILES string of the molecule is CC(C)(C)OC(=O)C(CCCCN)C1CCOC1. The zero-order valence-electron chi connectivity index (χ0n) is 11.9. The van der Waals surface area contributed by atoms with Crippen LogP contribution < -0.4 is 5.73 Å². The van der Waals surface area contributed by atoms with Crippen molar-refractivity contribution in [2.24, 2.45) is 17.6 Å². The molecule has 0 spiro atoms. The quantitative estimate of drug-likeness (QED) is 0.585. The maximum absolute atomic E-state index is 12.2. The molecule has 0 aromatic heterocycles. The van der Waals surface area contributed by atoms with E-state index in [1.807, 2.05) is 20.8 Å². The first-order valence-corrected chi connectivity index (χ1v) is 6.94. The minimum absolute atomic E-state index is 0.0294. The van der Waals surface area contributed by atoms with Gasteiger partial charge in [0.1, 0.15) is 5.60 Å². The third-order valence-corrected chi connectivity index (χ3v) is 3.21. The Morgan fingerprint density at radius 3 is 2.67 bits per heavy atom. The molecule has 2 N–H and O–H groups in total. The van der Waals surface area contributed by atoms with Crippen LogP contribution in [0.4, 0.5) is 0 Å². The fourth-order valence-electron chi connectivity index (χ4n) is 2.30. The number of hydrogen-bond donors (Lipinski definition) is 1. The molecule has 0 amide bonds. The van der Waals surface area contributed by atoms with Gasteiger partial charge >= 0.3 is 5.97 Å². The average Bonchev–Trinajstić information content (AvgIpc) is 2.74. The van der Waals surface area contributed by atoms with E-state index in [1.165, 1.54) is 0 Å². The highest BCUT2D eigenvalue weighted by Gasteiger charge is 2.33. The first kappa shape index (κ1) is 15.4. The van der Waals surface area contributed by atoms with Gasteiger partial charge in [-0.05, 0) is 52.5 Å². The van der Waals surface area contributed by atoms with E-state index in [0.717, 1.165) is 32.3 Å². The van der Waals surface area contributed by atoms with E-state index >= 15 is 0 Å². The first-order chi connectivity index (χ1) is 8.44. The number of rotatable bonds is 6. The van der Waals surface area contributed by atoms with Crippen LogP contribution in [0.3, 0.4) is 0 Å². The minimum Gasteiger partial charge on any atom is -0.460 e. The molecule has 2 unspecified atom stereocenters. The summed E-state index contributed by atoms with van der Waals surface area (Å²) < 4.78 is 10.9. The molecule has 106 valence electrons. The second kappa shape index (κ2) is 7.10. The Balaban J connectivity index is 2.55. The number of unbranched alkanes of at least 4 members (excludes halogenated alkanes) is 1. The van der Waals surface area contributed by atoms with Crippen LogP contribution in [0.2, 0.25) is 0 Å². The summed E-state index contributed by atoms with van der Waals surface area (Å²) in [5, 5.41) is 0. The van der Waals surface area contributed by atoms with Crippen LogP contribution >= 0.6 is 0 Å². The molecule has 0 aromatic rings. The van der Waals surface area contributed by atoms with E-state index in [4.69, 9.17) is 15.2 Å². The van der Waals surface area contributed by atoms with Crippen LogP contribution in [0, 0.1) is 11.8 Å². The molecule has 0 bridgehead atoms. The molecule has 0 saturated carbocycles. The van der Waals surface area contributed by atoms with E-state index in [-0.39, 0.29) is 11.9 Å². The molecule has 4 heteroatoms. The van der Waals surface area contributed by atoms with Crippen molar-refractivity contribution in [3.63, 3.8) is 0 Å². The maximum atomic E-state index is 12.2. The van der Waals surface area contributed by atoms with Crippen molar-refractivity contribution in [3.8, 4) is 0 Å². The number of hydrogen-bond acceptors (Lipinski definition) is 4. The number of carbonyl (C=O) groups is 1. The van der Waals surface area contributed by atoms with Crippen molar-refractivity contribution < 1.29 is 14.3 Å². The number of ether oxygens (including phenoxy) is 2. The molecule has 18 heavy (non-hydrogen) atoms. The highest BCUT2D eigenvalue weighted by atomic mass is 16.6. The number of carbonyl (C=O) groups excluding carboxylic acids is 1. The van der Waals surface area contributed by atoms with E-state index in [9.17, 15) is 4.79 Å². The summed E-state index contributed by atoms with van der Waals surface area (Å²) in [5.41, 5.74) is 5.09. The van der Waals surface area contributed by atoms with Gasteiger partial charge in [0.25, 0.3) is 0 Å². The Morgan fingerprint density at radius 2 is 2.17 bits per heavy atom. The van der Waals surface area contributed by atoms with Crippen LogP contribution in [0.25, 0.3) is 0 Å². The molecular weight excluding hydrogens is 230 g/mol. The zero-order valence-corrected chi connectivity index (χ0v) is 11.9. The summed E-state index contributed by atoms with van der Waals surface area (Å²) in [5.74, 6) is 0.214. The van der Waals surface area contributed by atoms with Crippen molar-refractivity contribution in [2.75, 3.05) is 19.8 Å². The normalized spacial score (nSPS) is 21.9. The summed E-state index contributed by atoms with van der Waals surface area (Å²) in [6.07, 6.45) is 3.77. The molecule has 0 radical (unpaired) electrons. The van der Waals surface area contributed by atoms with E-state index in [1.54, 1.807) is 0 Å². The molecule has 4 nitrogen and oxygen atoms in total. The van der Waals surface area contributed by atoms with Crippen molar-refractivity contribution >= 4 is 5.97 Å². The van der Waals surface area contributed by atoms with E-state index in [0.29, 0.717) is 19.1 Å². The van der Waals surface area contributed by atoms with Gasteiger partial charge in [0, 0.05) is 6.61 Å². The lowest BCUT2D eigenvalue weighted by Gasteiger charge is -2.26. The predicted molar refractivity (Wildman–Crippen MR) is 71.2 cm³/mol. The smallest absolute Gasteiger partial charge is 0.309 e. The summed E-state index contributed by atoms with van der Waals surface area (Å²) in [4.78, 5) is 12.2. The third kappa shape index (κ3) is 5.36. The van der Waals surface area contributed by atoms with Gasteiger partial charge < -0.3 is 15.2 Å². The largest absolute Gasteiger partial charge is 0.460 e. The Labute approximate surface area is 110 Å². The van der Waals surface area contributed by atoms with Crippen LogP contribution in [-0.2, 0) is 14.3 Å². The van der Waals surface area contributed by atoms with Gasteiger partial charge in [-0.1, -0.05) is 6.42 Å². The minimum atomic E-state index is -0.414. The van der Waals surface area contributed by atoms with Crippen LogP contribution in [0.1, 0.15) is 46.5 Å². The summed E-state index contributed by atoms with van der Waals surface area (Å²) in [7, 11) is 0. The highest BCUT2D eigenvalue weighted by molar-refractivity contribution is 5.73. The highest BCUT2D eigenvalue weighted by Crippen LogP contribution is 2.28. The summed E-state index contributed by atoms with van der Waals surface area (Å²) >= 11 is 0. The Bertz CT molecular complexity index is 254. The van der Waals surface area contributed by atoms with Crippen molar-refractivity contribution in [2.45, 2.75) is 52.1 Å². The fraction of sp³-hybridized carbons (Fsp3) is 0.929. The monoisotopic (exact) mass is 257 g/mol. The van der Waals surface area contributed by atoms with Gasteiger partial charge in [0.15, 0.2) is 0 Å². The molecule has 1 saturated heterocycles. The van der Waals surface area contributed by atoms with Crippen LogP contribution in [-0.4, -0.2) is 31.3 Å². The van der Waals surface area contributed by atoms with Gasteiger partial charge in [-0.25, -0.2) is 0 Å². The topological polar surface area (TPSA) is 61.5 Å². The Morgan fingerprint density at radius 1 is 1.44 bits per heavy atom. The standard InChI is InChI=1S/C14H27NO3/c1-14(2,3)18-13(16)12(6-4-5-8-15)11-7-9-17-10-11/h11-12H,4-10,15H2,1-3H3. The maximum Gasteiger partial charge on any atom is 0.309 e. The zero-order chi connectivity index (χ0) is 13.6. The summed E-state index contributed by atoms with van der Waals surface area (Å²) in [6.45, 7) is 7.86. The van der Waals surface area contributed by atoms with Gasteiger partial charge in [-0.2, -0.15) is 0 Å². The van der Waals surface area contributed by atoms with E-state index in [2.05, 4.69) is 0 Å². The van der Waals surface area contributed by atoms with Gasteiger partial charge in [0.05, 0.1) is 12.5 Å². The summed E-state index contributed by atoms with van der Waals surface area (Å²) in [6, 6.07) is 0. The van der Waals surface area contributed by atoms with Crippen LogP contribution in [0.5, 0.6) is 0 Å². The molecule has 1 aliphatic heterocycles. The van der Waals surface area contributed by atoms with Crippen molar-refractivity contribution in [3.05, 3.63) is 0 Å². The molecule has 0 aliphatic carbocycles. The molecule has 1 rings (SSSR count). The molecule has 1 aliphatic rings. The lowest BCUT2D eigenvalue weighted by molar-refractivity contribution is -0.162. The third-order valence-electron chi connectivity index (χ3n) is 3.21. The average molecular weight is 257 g/mol. The second-order valence-electron chi connectivity index (χ2n) is 6.05. The lowest BCUT2D eigenvalue weighted by Crippen LogP contribution is -2.33. The predicted octanol–water partition coefficient (Wildman–Crippen LogP) is 2.11. The van der Waals surface area contributed by atoms with Gasteiger partial charge in [-0.15, -0.1) is 0 Å². The van der Waals surface area contributed by atoms with E-state index < -0.39 is 5.60 Å². The molecule has 1 fully saturated rings. The molecular formula is C14H27NO3. The number of esters is 1. The first-order valence-electron chi connectivity index (χ1n) is 6.94. The van der Waals surface area contributed by atoms with Crippen molar-refractivity contribution in [1.82, 2.24) is 0 Å². The lowest BCUT2D eigenvalue weighted by atomic mass is 9.87. The fourth-order valence-corrected chi connectivity index (χ4v) is 2.30. The van der Waals surface area contributed by atoms with Crippen LogP contribution in [0.15, 0.2) is 0 Å². The van der Waals surface area contributed by atoms with Gasteiger partial charge in [-0.3, -0.25) is 4.79 Å². The second-order valence-corrected chi connectivity index (χ2v) is 6.05. The Hall–Kier alpha value is -0.610. The molecule has 2 atom stereocenters. The van der Waals surface area contributed by atoms with Crippen molar-refractivity contribution in [1.29, 1.82) is 0 Å². The van der Waals surface area contributed by atoms with Gasteiger partial charge in [0.2, 0.25) is 0 Å².